The second-order valence-corrected chi connectivity index (χ2v) is 4.87. The first-order valence-corrected chi connectivity index (χ1v) is 6.84. The lowest BCUT2D eigenvalue weighted by Gasteiger charge is -2.23. The summed E-state index contributed by atoms with van der Waals surface area (Å²) in [4.78, 5) is 0. The maximum Gasteiger partial charge on any atom is 0.135 e. The zero-order valence-electron chi connectivity index (χ0n) is 12.0. The van der Waals surface area contributed by atoms with Gasteiger partial charge < -0.3 is 9.84 Å². The molecular weight excluding hydrogens is 274 g/mol. The summed E-state index contributed by atoms with van der Waals surface area (Å²) in [5.41, 5.74) is 0.536. The van der Waals surface area contributed by atoms with Gasteiger partial charge in [0.25, 0.3) is 0 Å². The molecule has 2 aromatic rings. The summed E-state index contributed by atoms with van der Waals surface area (Å²) in [6.45, 7) is 1.88. The lowest BCUT2D eigenvalue weighted by molar-refractivity contribution is 0.133. The summed E-state index contributed by atoms with van der Waals surface area (Å²) < 4.78 is 33.0. The molecule has 2 nitrogen and oxygen atoms in total. The van der Waals surface area contributed by atoms with E-state index in [-0.39, 0.29) is 17.2 Å². The molecule has 2 atom stereocenters. The van der Waals surface area contributed by atoms with Gasteiger partial charge in [-0.05, 0) is 12.0 Å². The van der Waals surface area contributed by atoms with Gasteiger partial charge in [-0.1, -0.05) is 37.3 Å². The topological polar surface area (TPSA) is 29.5 Å². The molecule has 0 spiro atoms. The van der Waals surface area contributed by atoms with Gasteiger partial charge >= 0.3 is 0 Å². The molecule has 112 valence electrons. The highest BCUT2D eigenvalue weighted by Gasteiger charge is 2.27. The maximum absolute atomic E-state index is 14.1. The first-order chi connectivity index (χ1) is 10.1. The van der Waals surface area contributed by atoms with Gasteiger partial charge in [-0.15, -0.1) is 0 Å². The second-order valence-electron chi connectivity index (χ2n) is 4.87. The number of hydrogen-bond acceptors (Lipinski definition) is 2. The zero-order valence-corrected chi connectivity index (χ0v) is 12.0. The van der Waals surface area contributed by atoms with Crippen molar-refractivity contribution in [3.63, 3.8) is 0 Å². The fraction of sp³-hybridized carbons (Fsp3) is 0.294. The molecule has 0 saturated heterocycles. The molecule has 0 aliphatic carbocycles. The molecule has 0 fully saturated rings. The molecule has 0 aliphatic rings. The molecule has 2 rings (SSSR count). The van der Waals surface area contributed by atoms with Crippen molar-refractivity contribution < 1.29 is 18.6 Å². The van der Waals surface area contributed by atoms with Crippen LogP contribution < -0.4 is 4.74 Å². The monoisotopic (exact) mass is 292 g/mol. The Morgan fingerprint density at radius 2 is 1.67 bits per heavy atom. The maximum atomic E-state index is 14.1. The standard InChI is InChI=1S/C17H18F2O2/c1-3-13(11-7-5-4-6-8-11)17(20)16-14(18)9-12(21-2)10-15(16)19/h4-10,13,17,20H,3H2,1-2H3. The normalized spacial score (nSPS) is 13.8. The number of aliphatic hydroxyl groups excluding tert-OH is 1. The Kier molecular flexibility index (Phi) is 4.91. The summed E-state index contributed by atoms with van der Waals surface area (Å²) in [7, 11) is 1.34. The number of aliphatic hydroxyl groups is 1. The molecule has 0 bridgehead atoms. The van der Waals surface area contributed by atoms with E-state index in [1.807, 2.05) is 37.3 Å². The van der Waals surface area contributed by atoms with Crippen molar-refractivity contribution in [2.45, 2.75) is 25.4 Å². The van der Waals surface area contributed by atoms with Gasteiger partial charge in [0.1, 0.15) is 17.4 Å². The van der Waals surface area contributed by atoms with E-state index in [2.05, 4.69) is 0 Å². The SMILES string of the molecule is CCC(c1ccccc1)C(O)c1c(F)cc(OC)cc1F. The zero-order chi connectivity index (χ0) is 15.4. The molecule has 2 unspecified atom stereocenters. The van der Waals surface area contributed by atoms with E-state index in [1.54, 1.807) is 0 Å². The first-order valence-electron chi connectivity index (χ1n) is 6.84. The van der Waals surface area contributed by atoms with E-state index in [4.69, 9.17) is 4.74 Å². The Bertz CT molecular complexity index is 576. The Hall–Kier alpha value is -1.94. The van der Waals surface area contributed by atoms with Crippen LogP contribution in [0.2, 0.25) is 0 Å². The highest BCUT2D eigenvalue weighted by molar-refractivity contribution is 5.34. The van der Waals surface area contributed by atoms with Crippen molar-refractivity contribution in [2.75, 3.05) is 7.11 Å². The van der Waals surface area contributed by atoms with Crippen LogP contribution in [0, 0.1) is 11.6 Å². The largest absolute Gasteiger partial charge is 0.497 e. The van der Waals surface area contributed by atoms with E-state index in [9.17, 15) is 13.9 Å². The lowest BCUT2D eigenvalue weighted by Crippen LogP contribution is -2.14. The Morgan fingerprint density at radius 1 is 1.10 bits per heavy atom. The third-order valence-corrected chi connectivity index (χ3v) is 3.63. The van der Waals surface area contributed by atoms with Crippen LogP contribution in [0.1, 0.15) is 36.5 Å². The van der Waals surface area contributed by atoms with Crippen LogP contribution in [0.25, 0.3) is 0 Å². The van der Waals surface area contributed by atoms with Crippen molar-refractivity contribution in [1.29, 1.82) is 0 Å². The van der Waals surface area contributed by atoms with E-state index in [1.165, 1.54) is 7.11 Å². The van der Waals surface area contributed by atoms with E-state index in [0.717, 1.165) is 17.7 Å². The predicted octanol–water partition coefficient (Wildman–Crippen LogP) is 4.20. The molecule has 0 radical (unpaired) electrons. The van der Waals surface area contributed by atoms with Crippen LogP contribution in [0.5, 0.6) is 5.75 Å². The fourth-order valence-corrected chi connectivity index (χ4v) is 2.50. The summed E-state index contributed by atoms with van der Waals surface area (Å²) in [5, 5.41) is 10.4. The smallest absolute Gasteiger partial charge is 0.135 e. The number of halogens is 2. The Labute approximate surface area is 123 Å². The van der Waals surface area contributed by atoms with E-state index < -0.39 is 17.7 Å². The van der Waals surface area contributed by atoms with E-state index in [0.29, 0.717) is 6.42 Å². The summed E-state index contributed by atoms with van der Waals surface area (Å²) >= 11 is 0. The molecule has 0 amide bonds. The van der Waals surface area contributed by atoms with Crippen molar-refractivity contribution in [3.05, 3.63) is 65.2 Å². The molecule has 0 heterocycles. The fourth-order valence-electron chi connectivity index (χ4n) is 2.50. The second kappa shape index (κ2) is 6.68. The van der Waals surface area contributed by atoms with Crippen LogP contribution in [0.3, 0.4) is 0 Å². The summed E-state index contributed by atoms with van der Waals surface area (Å²) in [5.74, 6) is -1.88. The van der Waals surface area contributed by atoms with Crippen LogP contribution in [0.15, 0.2) is 42.5 Å². The molecule has 21 heavy (non-hydrogen) atoms. The van der Waals surface area contributed by atoms with Gasteiger partial charge in [0, 0.05) is 18.1 Å². The van der Waals surface area contributed by atoms with Crippen LogP contribution in [-0.4, -0.2) is 12.2 Å². The van der Waals surface area contributed by atoms with Gasteiger partial charge in [0.2, 0.25) is 0 Å². The minimum absolute atomic E-state index is 0.0914. The number of hydrogen-bond donors (Lipinski definition) is 1. The Balaban J connectivity index is 2.41. The van der Waals surface area contributed by atoms with Gasteiger partial charge in [-0.3, -0.25) is 0 Å². The highest BCUT2D eigenvalue weighted by atomic mass is 19.1. The third-order valence-electron chi connectivity index (χ3n) is 3.63. The number of benzene rings is 2. The average Bonchev–Trinajstić information content (AvgIpc) is 2.48. The van der Waals surface area contributed by atoms with Crippen molar-refractivity contribution in [1.82, 2.24) is 0 Å². The van der Waals surface area contributed by atoms with Crippen LogP contribution in [-0.2, 0) is 0 Å². The molecule has 0 saturated carbocycles. The van der Waals surface area contributed by atoms with Crippen molar-refractivity contribution in [3.8, 4) is 5.75 Å². The van der Waals surface area contributed by atoms with Crippen LogP contribution >= 0.6 is 0 Å². The van der Waals surface area contributed by atoms with Gasteiger partial charge in [-0.25, -0.2) is 8.78 Å². The van der Waals surface area contributed by atoms with Gasteiger partial charge in [0.05, 0.1) is 18.8 Å². The van der Waals surface area contributed by atoms with Gasteiger partial charge in [0.15, 0.2) is 0 Å². The first kappa shape index (κ1) is 15.4. The average molecular weight is 292 g/mol. The third kappa shape index (κ3) is 3.22. The van der Waals surface area contributed by atoms with Gasteiger partial charge in [-0.2, -0.15) is 0 Å². The van der Waals surface area contributed by atoms with Crippen molar-refractivity contribution in [2.24, 2.45) is 0 Å². The quantitative estimate of drug-likeness (QED) is 0.895. The molecule has 2 aromatic carbocycles. The van der Waals surface area contributed by atoms with Crippen LogP contribution in [0.4, 0.5) is 8.78 Å². The number of ether oxygens (including phenoxy) is 1. The number of methoxy groups -OCH3 is 1. The minimum atomic E-state index is -1.25. The molecule has 4 heteroatoms. The predicted molar refractivity (Wildman–Crippen MR) is 77.3 cm³/mol. The highest BCUT2D eigenvalue weighted by Crippen LogP contribution is 2.37. The number of rotatable bonds is 5. The molecule has 1 N–H and O–H groups in total. The van der Waals surface area contributed by atoms with Crippen molar-refractivity contribution >= 4 is 0 Å². The lowest BCUT2D eigenvalue weighted by atomic mass is 9.87. The molecular formula is C17H18F2O2. The summed E-state index contributed by atoms with van der Waals surface area (Å²) in [6, 6.07) is 11.4. The Morgan fingerprint density at radius 3 is 2.14 bits per heavy atom. The molecule has 0 aliphatic heterocycles. The summed E-state index contributed by atoms with van der Waals surface area (Å²) in [6.07, 6.45) is -0.681. The minimum Gasteiger partial charge on any atom is -0.497 e. The molecule has 0 aromatic heterocycles. The van der Waals surface area contributed by atoms with E-state index >= 15 is 0 Å².